The molecule has 0 amide bonds. The van der Waals surface area contributed by atoms with Crippen LogP contribution in [0.4, 0.5) is 11.6 Å². The number of nitrogens with one attached hydrogen (secondary N) is 1. The summed E-state index contributed by atoms with van der Waals surface area (Å²) >= 11 is 1.79. The molecule has 0 atom stereocenters. The van der Waals surface area contributed by atoms with E-state index in [1.807, 2.05) is 24.4 Å². The zero-order valence-corrected chi connectivity index (χ0v) is 20.9. The van der Waals surface area contributed by atoms with Gasteiger partial charge in [0, 0.05) is 23.3 Å². The maximum absolute atomic E-state index is 5.84. The fourth-order valence-corrected chi connectivity index (χ4v) is 4.63. The number of anilines is 2. The second kappa shape index (κ2) is 11.8. The molecule has 2 heterocycles. The Hall–Kier alpha value is -3.22. The van der Waals surface area contributed by atoms with Crippen molar-refractivity contribution in [3.8, 4) is 16.3 Å². The van der Waals surface area contributed by atoms with E-state index in [1.54, 1.807) is 11.3 Å². The third-order valence-electron chi connectivity index (χ3n) is 5.45. The topological polar surface area (TPSA) is 50.3 Å². The molecular weight excluding hydrogens is 440 g/mol. The molecule has 5 nitrogen and oxygen atoms in total. The van der Waals surface area contributed by atoms with Crippen molar-refractivity contribution in [2.75, 3.05) is 32.6 Å². The lowest BCUT2D eigenvalue weighted by molar-refractivity contribution is 0.281. The van der Waals surface area contributed by atoms with E-state index in [9.17, 15) is 0 Å². The van der Waals surface area contributed by atoms with E-state index in [0.29, 0.717) is 5.95 Å². The highest BCUT2D eigenvalue weighted by Gasteiger charge is 2.07. The molecule has 0 saturated carbocycles. The molecule has 0 aliphatic rings. The third-order valence-corrected chi connectivity index (χ3v) is 6.61. The molecule has 2 aromatic carbocycles. The zero-order chi connectivity index (χ0) is 23.8. The van der Waals surface area contributed by atoms with Gasteiger partial charge < -0.3 is 15.0 Å². The first-order chi connectivity index (χ1) is 16.5. The second-order valence-corrected chi connectivity index (χ2v) is 9.84. The molecule has 1 N–H and O–H groups in total. The largest absolute Gasteiger partial charge is 0.494 e. The predicted octanol–water partition coefficient (Wildman–Crippen LogP) is 6.37. The first-order valence-corrected chi connectivity index (χ1v) is 12.5. The van der Waals surface area contributed by atoms with Crippen LogP contribution < -0.4 is 10.1 Å². The average Bonchev–Trinajstić information content (AvgIpc) is 3.31. The average molecular weight is 473 g/mol. The maximum Gasteiger partial charge on any atom is 0.227 e. The van der Waals surface area contributed by atoms with Gasteiger partial charge in [0.15, 0.2) is 0 Å². The highest BCUT2D eigenvalue weighted by atomic mass is 32.1. The summed E-state index contributed by atoms with van der Waals surface area (Å²) in [5, 5.41) is 3.30. The molecule has 0 aliphatic carbocycles. The van der Waals surface area contributed by atoms with Gasteiger partial charge in [-0.15, -0.1) is 11.3 Å². The van der Waals surface area contributed by atoms with Gasteiger partial charge >= 0.3 is 0 Å². The lowest BCUT2D eigenvalue weighted by Crippen LogP contribution is -2.15. The van der Waals surface area contributed by atoms with Gasteiger partial charge in [0.05, 0.1) is 17.2 Å². The molecule has 6 heteroatoms. The minimum atomic E-state index is 0.613. The minimum Gasteiger partial charge on any atom is -0.494 e. The van der Waals surface area contributed by atoms with Crippen LogP contribution in [0.15, 0.2) is 72.9 Å². The van der Waals surface area contributed by atoms with Crippen LogP contribution in [-0.4, -0.2) is 42.1 Å². The van der Waals surface area contributed by atoms with Crippen molar-refractivity contribution in [3.63, 3.8) is 0 Å². The summed E-state index contributed by atoms with van der Waals surface area (Å²) in [6, 6.07) is 23.0. The van der Waals surface area contributed by atoms with Gasteiger partial charge in [0.1, 0.15) is 5.75 Å². The van der Waals surface area contributed by atoms with E-state index >= 15 is 0 Å². The lowest BCUT2D eigenvalue weighted by atomic mass is 10.1. The fraction of sp³-hybridized carbons (Fsp3) is 0.286. The van der Waals surface area contributed by atoms with Gasteiger partial charge in [-0.2, -0.15) is 0 Å². The van der Waals surface area contributed by atoms with E-state index in [2.05, 4.69) is 84.8 Å². The number of rotatable bonds is 11. The third kappa shape index (κ3) is 7.14. The summed E-state index contributed by atoms with van der Waals surface area (Å²) in [7, 11) is 4.17. The molecule has 34 heavy (non-hydrogen) atoms. The van der Waals surface area contributed by atoms with Crippen LogP contribution in [0.3, 0.4) is 0 Å². The summed E-state index contributed by atoms with van der Waals surface area (Å²) in [6.07, 6.45) is 4.85. The molecule has 0 fully saturated rings. The number of hydrogen-bond acceptors (Lipinski definition) is 6. The highest BCUT2D eigenvalue weighted by molar-refractivity contribution is 7.15. The number of aromatic nitrogens is 2. The smallest absolute Gasteiger partial charge is 0.227 e. The molecule has 0 unspecified atom stereocenters. The zero-order valence-electron chi connectivity index (χ0n) is 20.1. The summed E-state index contributed by atoms with van der Waals surface area (Å²) in [5.74, 6) is 1.56. The van der Waals surface area contributed by atoms with Crippen LogP contribution in [0.25, 0.3) is 10.6 Å². The first kappa shape index (κ1) is 23.9. The number of thiophene rings is 1. The molecule has 2 aromatic heterocycles. The van der Waals surface area contributed by atoms with Crippen molar-refractivity contribution in [2.45, 2.75) is 26.2 Å². The van der Waals surface area contributed by atoms with Crippen molar-refractivity contribution >= 4 is 23.0 Å². The van der Waals surface area contributed by atoms with Crippen molar-refractivity contribution in [3.05, 3.63) is 88.9 Å². The van der Waals surface area contributed by atoms with E-state index in [1.165, 1.54) is 16.0 Å². The maximum atomic E-state index is 5.84. The van der Waals surface area contributed by atoms with E-state index in [4.69, 9.17) is 9.72 Å². The summed E-state index contributed by atoms with van der Waals surface area (Å²) in [6.45, 7) is 3.87. The Morgan fingerprint density at radius 1 is 0.971 bits per heavy atom. The van der Waals surface area contributed by atoms with Crippen molar-refractivity contribution in [1.29, 1.82) is 0 Å². The monoisotopic (exact) mass is 472 g/mol. The summed E-state index contributed by atoms with van der Waals surface area (Å²) in [4.78, 5) is 13.8. The van der Waals surface area contributed by atoms with Crippen LogP contribution >= 0.6 is 11.3 Å². The van der Waals surface area contributed by atoms with Crippen LogP contribution in [0.2, 0.25) is 0 Å². The van der Waals surface area contributed by atoms with Gasteiger partial charge in [-0.05, 0) is 93.9 Å². The van der Waals surface area contributed by atoms with Crippen LogP contribution in [0, 0.1) is 6.92 Å². The number of benzene rings is 2. The molecule has 4 aromatic rings. The van der Waals surface area contributed by atoms with Crippen LogP contribution in [-0.2, 0) is 12.8 Å². The van der Waals surface area contributed by atoms with Crippen LogP contribution in [0.5, 0.6) is 5.75 Å². The molecule has 0 saturated heterocycles. The number of aryl methyl sites for hydroxylation is 3. The molecule has 0 radical (unpaired) electrons. The SMILES string of the molecule is Cc1cccc(Nc2nccc(-c3ccc(CCc4ccc(OCCCN(C)C)cc4)s3)n2)c1. The Morgan fingerprint density at radius 2 is 1.82 bits per heavy atom. The highest BCUT2D eigenvalue weighted by Crippen LogP contribution is 2.28. The van der Waals surface area contributed by atoms with E-state index in [-0.39, 0.29) is 0 Å². The Bertz CT molecular complexity index is 1190. The van der Waals surface area contributed by atoms with Gasteiger partial charge in [-0.3, -0.25) is 0 Å². The molecular formula is C28H32N4OS. The van der Waals surface area contributed by atoms with Gasteiger partial charge in [0.2, 0.25) is 5.95 Å². The van der Waals surface area contributed by atoms with E-state index < -0.39 is 0 Å². The Labute approximate surface area is 206 Å². The van der Waals surface area contributed by atoms with Gasteiger partial charge in [0.25, 0.3) is 0 Å². The van der Waals surface area contributed by atoms with Crippen LogP contribution in [0.1, 0.15) is 22.4 Å². The number of nitrogens with zero attached hydrogens (tertiary/aromatic N) is 3. The lowest BCUT2D eigenvalue weighted by Gasteiger charge is -2.10. The second-order valence-electron chi connectivity index (χ2n) is 8.68. The fourth-order valence-electron chi connectivity index (χ4n) is 3.65. The van der Waals surface area contributed by atoms with E-state index in [0.717, 1.165) is 54.4 Å². The number of ether oxygens (including phenoxy) is 1. The molecule has 176 valence electrons. The molecule has 0 spiro atoms. The summed E-state index contributed by atoms with van der Waals surface area (Å²) < 4.78 is 5.84. The Balaban J connectivity index is 1.31. The minimum absolute atomic E-state index is 0.613. The van der Waals surface area contributed by atoms with Crippen molar-refractivity contribution in [1.82, 2.24) is 14.9 Å². The Kier molecular flexibility index (Phi) is 8.28. The van der Waals surface area contributed by atoms with Gasteiger partial charge in [-0.1, -0.05) is 24.3 Å². The number of hydrogen-bond donors (Lipinski definition) is 1. The quantitative estimate of drug-likeness (QED) is 0.257. The molecule has 0 bridgehead atoms. The van der Waals surface area contributed by atoms with Crippen molar-refractivity contribution in [2.24, 2.45) is 0 Å². The molecule has 0 aliphatic heterocycles. The first-order valence-electron chi connectivity index (χ1n) is 11.7. The van der Waals surface area contributed by atoms with Gasteiger partial charge in [-0.25, -0.2) is 9.97 Å². The Morgan fingerprint density at radius 3 is 2.62 bits per heavy atom. The normalized spacial score (nSPS) is 11.1. The predicted molar refractivity (Wildman–Crippen MR) is 142 cm³/mol. The molecule has 4 rings (SSSR count). The standard InChI is InChI=1S/C28H32N4OS/c1-21-6-4-7-23(20-21)30-28-29-17-16-26(31-28)27-15-14-25(34-27)13-10-22-8-11-24(12-9-22)33-19-5-18-32(2)3/h4,6-9,11-12,14-17,20H,5,10,13,18-19H2,1-3H3,(H,29,30,31). The summed E-state index contributed by atoms with van der Waals surface area (Å²) in [5.41, 5.74) is 4.46. The van der Waals surface area contributed by atoms with Crippen molar-refractivity contribution < 1.29 is 4.74 Å².